The smallest absolute Gasteiger partial charge is 0.407 e. The number of carbonyl (C=O) groups is 3. The molecule has 3 N–H and O–H groups in total. The fourth-order valence-corrected chi connectivity index (χ4v) is 5.42. The van der Waals surface area contributed by atoms with Gasteiger partial charge in [0.2, 0.25) is 5.91 Å². The maximum atomic E-state index is 13.0. The molecule has 0 aliphatic heterocycles. The van der Waals surface area contributed by atoms with Gasteiger partial charge in [-0.1, -0.05) is 75.2 Å². The third-order valence-corrected chi connectivity index (χ3v) is 7.63. The van der Waals surface area contributed by atoms with Crippen LogP contribution in [0.4, 0.5) is 4.79 Å². The Kier molecular flexibility index (Phi) is 7.73. The summed E-state index contributed by atoms with van der Waals surface area (Å²) in [6, 6.07) is 15.5. The summed E-state index contributed by atoms with van der Waals surface area (Å²) in [6.07, 6.45) is 2.34. The predicted molar refractivity (Wildman–Crippen MR) is 133 cm³/mol. The molecule has 0 aromatic heterocycles. The molecule has 2 aromatic carbocycles. The van der Waals surface area contributed by atoms with Crippen LogP contribution in [-0.2, 0) is 14.3 Å². The standard InChI is InChI=1S/C28H34N2O5/c1-3-17(2)25(26(31)29-15-18-9-8-14-19(18)27(32)33)30-28(34)35-16-24-22-12-6-4-10-20(22)21-11-5-7-13-23(21)24/h4-7,10-13,17-19,24-25H,3,8-9,14-16H2,1-2H3,(H,29,31)(H,30,34)(H,32,33)/t17?,18?,19?,25-/m0/s1. The van der Waals surface area contributed by atoms with E-state index in [4.69, 9.17) is 4.74 Å². The number of aliphatic carboxylic acids is 1. The van der Waals surface area contributed by atoms with E-state index < -0.39 is 24.0 Å². The van der Waals surface area contributed by atoms with Crippen molar-refractivity contribution in [2.75, 3.05) is 13.2 Å². The van der Waals surface area contributed by atoms with Crippen LogP contribution in [0.2, 0.25) is 0 Å². The van der Waals surface area contributed by atoms with Gasteiger partial charge in [0.1, 0.15) is 12.6 Å². The lowest BCUT2D eigenvalue weighted by Crippen LogP contribution is -2.51. The molecule has 0 saturated heterocycles. The maximum absolute atomic E-state index is 13.0. The number of alkyl carbamates (subject to hydrolysis) is 1. The number of rotatable bonds is 9. The van der Waals surface area contributed by atoms with Gasteiger partial charge in [-0.05, 0) is 46.9 Å². The third kappa shape index (κ3) is 5.34. The van der Waals surface area contributed by atoms with Crippen molar-refractivity contribution in [1.82, 2.24) is 10.6 Å². The maximum Gasteiger partial charge on any atom is 0.407 e. The molecule has 2 aromatic rings. The Hall–Kier alpha value is -3.35. The fraction of sp³-hybridized carbons (Fsp3) is 0.464. The number of carboxylic acid groups (broad SMARTS) is 1. The van der Waals surface area contributed by atoms with E-state index in [0.717, 1.165) is 35.1 Å². The quantitative estimate of drug-likeness (QED) is 0.490. The average molecular weight is 479 g/mol. The second-order valence-electron chi connectivity index (χ2n) is 9.71. The summed E-state index contributed by atoms with van der Waals surface area (Å²) in [7, 11) is 0. The molecule has 1 fully saturated rings. The van der Waals surface area contributed by atoms with E-state index in [1.807, 2.05) is 38.1 Å². The number of amides is 2. The molecule has 0 radical (unpaired) electrons. The zero-order valence-electron chi connectivity index (χ0n) is 20.3. The molecule has 35 heavy (non-hydrogen) atoms. The van der Waals surface area contributed by atoms with E-state index in [1.165, 1.54) is 0 Å². The number of nitrogens with one attached hydrogen (secondary N) is 2. The second-order valence-corrected chi connectivity index (χ2v) is 9.71. The lowest BCUT2D eigenvalue weighted by Gasteiger charge is -2.25. The van der Waals surface area contributed by atoms with Gasteiger partial charge in [0.25, 0.3) is 0 Å². The van der Waals surface area contributed by atoms with E-state index in [-0.39, 0.29) is 30.3 Å². The number of fused-ring (bicyclic) bond motifs is 3. The minimum absolute atomic E-state index is 0.0562. The lowest BCUT2D eigenvalue weighted by atomic mass is 9.95. The van der Waals surface area contributed by atoms with Crippen LogP contribution in [0.3, 0.4) is 0 Å². The van der Waals surface area contributed by atoms with E-state index in [1.54, 1.807) is 0 Å². The van der Waals surface area contributed by atoms with Gasteiger partial charge in [0.15, 0.2) is 0 Å². The number of hydrogen-bond acceptors (Lipinski definition) is 4. The van der Waals surface area contributed by atoms with Crippen LogP contribution in [0.25, 0.3) is 11.1 Å². The molecule has 7 heteroatoms. The van der Waals surface area contributed by atoms with Gasteiger partial charge in [-0.3, -0.25) is 9.59 Å². The SMILES string of the molecule is CCC(C)[C@H](NC(=O)OCC1c2ccccc2-c2ccccc21)C(=O)NCC1CCCC1C(=O)O. The first-order chi connectivity index (χ1) is 16.9. The Balaban J connectivity index is 1.37. The largest absolute Gasteiger partial charge is 0.481 e. The zero-order chi connectivity index (χ0) is 24.9. The van der Waals surface area contributed by atoms with Crippen molar-refractivity contribution in [3.05, 3.63) is 59.7 Å². The van der Waals surface area contributed by atoms with Gasteiger partial charge in [-0.15, -0.1) is 0 Å². The molecule has 0 heterocycles. The highest BCUT2D eigenvalue weighted by Crippen LogP contribution is 2.44. The molecule has 0 spiro atoms. The van der Waals surface area contributed by atoms with Crippen LogP contribution >= 0.6 is 0 Å². The molecule has 186 valence electrons. The summed E-state index contributed by atoms with van der Waals surface area (Å²) in [5.74, 6) is -1.77. The zero-order valence-corrected chi connectivity index (χ0v) is 20.3. The first kappa shape index (κ1) is 24.8. The van der Waals surface area contributed by atoms with Crippen molar-refractivity contribution in [1.29, 1.82) is 0 Å². The molecular weight excluding hydrogens is 444 g/mol. The highest BCUT2D eigenvalue weighted by atomic mass is 16.5. The van der Waals surface area contributed by atoms with Gasteiger partial charge in [-0.25, -0.2) is 4.79 Å². The molecule has 2 aliphatic rings. The van der Waals surface area contributed by atoms with Crippen LogP contribution in [-0.4, -0.2) is 42.3 Å². The summed E-state index contributed by atoms with van der Waals surface area (Å²) in [4.78, 5) is 37.2. The topological polar surface area (TPSA) is 105 Å². The minimum Gasteiger partial charge on any atom is -0.481 e. The molecule has 3 unspecified atom stereocenters. The summed E-state index contributed by atoms with van der Waals surface area (Å²) in [5, 5.41) is 15.0. The van der Waals surface area contributed by atoms with Crippen molar-refractivity contribution >= 4 is 18.0 Å². The molecular formula is C28H34N2O5. The van der Waals surface area contributed by atoms with Gasteiger partial charge < -0.3 is 20.5 Å². The van der Waals surface area contributed by atoms with Gasteiger partial charge >= 0.3 is 12.1 Å². The number of benzene rings is 2. The Morgan fingerprint density at radius 1 is 1.03 bits per heavy atom. The predicted octanol–water partition coefficient (Wildman–Crippen LogP) is 4.56. The second kappa shape index (κ2) is 10.9. The van der Waals surface area contributed by atoms with Crippen molar-refractivity contribution in [2.24, 2.45) is 17.8 Å². The van der Waals surface area contributed by atoms with Crippen LogP contribution in [0.15, 0.2) is 48.5 Å². The first-order valence-electron chi connectivity index (χ1n) is 12.5. The van der Waals surface area contributed by atoms with Crippen molar-refractivity contribution < 1.29 is 24.2 Å². The Labute approximate surface area is 206 Å². The third-order valence-electron chi connectivity index (χ3n) is 7.63. The van der Waals surface area contributed by atoms with Crippen LogP contribution in [0, 0.1) is 17.8 Å². The molecule has 2 amide bonds. The molecule has 4 rings (SSSR count). The molecule has 4 atom stereocenters. The van der Waals surface area contributed by atoms with Gasteiger partial charge in [-0.2, -0.15) is 0 Å². The number of ether oxygens (including phenoxy) is 1. The van der Waals surface area contributed by atoms with E-state index >= 15 is 0 Å². The summed E-state index contributed by atoms with van der Waals surface area (Å²) in [6.45, 7) is 4.34. The van der Waals surface area contributed by atoms with Crippen molar-refractivity contribution in [3.63, 3.8) is 0 Å². The van der Waals surface area contributed by atoms with Crippen LogP contribution in [0.1, 0.15) is 56.6 Å². The monoisotopic (exact) mass is 478 g/mol. The molecule has 2 aliphatic carbocycles. The van der Waals surface area contributed by atoms with Crippen LogP contribution in [0.5, 0.6) is 0 Å². The highest BCUT2D eigenvalue weighted by Gasteiger charge is 2.35. The number of carboxylic acids is 1. The van der Waals surface area contributed by atoms with Gasteiger partial charge in [0.05, 0.1) is 5.92 Å². The number of hydrogen-bond donors (Lipinski definition) is 3. The lowest BCUT2D eigenvalue weighted by molar-refractivity contribution is -0.143. The van der Waals surface area contributed by atoms with E-state index in [2.05, 4.69) is 34.9 Å². The Morgan fingerprint density at radius 2 is 1.66 bits per heavy atom. The molecule has 7 nitrogen and oxygen atoms in total. The fourth-order valence-electron chi connectivity index (χ4n) is 5.42. The summed E-state index contributed by atoms with van der Waals surface area (Å²) in [5.41, 5.74) is 4.56. The number of carbonyl (C=O) groups excluding carboxylic acids is 2. The van der Waals surface area contributed by atoms with Crippen LogP contribution < -0.4 is 10.6 Å². The summed E-state index contributed by atoms with van der Waals surface area (Å²) < 4.78 is 5.63. The average Bonchev–Trinajstić information content (AvgIpc) is 3.47. The minimum atomic E-state index is -0.808. The van der Waals surface area contributed by atoms with Crippen molar-refractivity contribution in [2.45, 2.75) is 51.5 Å². The highest BCUT2D eigenvalue weighted by molar-refractivity contribution is 5.86. The molecule has 0 bridgehead atoms. The first-order valence-corrected chi connectivity index (χ1v) is 12.5. The summed E-state index contributed by atoms with van der Waals surface area (Å²) >= 11 is 0. The van der Waals surface area contributed by atoms with E-state index in [0.29, 0.717) is 19.4 Å². The van der Waals surface area contributed by atoms with Crippen molar-refractivity contribution in [3.8, 4) is 11.1 Å². The van der Waals surface area contributed by atoms with E-state index in [9.17, 15) is 19.5 Å². The Bertz CT molecular complexity index is 1040. The Morgan fingerprint density at radius 3 is 2.26 bits per heavy atom. The normalized spacial score (nSPS) is 20.4. The molecule has 1 saturated carbocycles. The van der Waals surface area contributed by atoms with Gasteiger partial charge in [0, 0.05) is 12.5 Å².